The van der Waals surface area contributed by atoms with Crippen molar-refractivity contribution in [1.82, 2.24) is 15.2 Å². The molecule has 1 aliphatic carbocycles. The zero-order valence-electron chi connectivity index (χ0n) is 25.7. The van der Waals surface area contributed by atoms with Gasteiger partial charge in [-0.25, -0.2) is 4.79 Å². The van der Waals surface area contributed by atoms with Gasteiger partial charge in [0.25, 0.3) is 17.1 Å². The molecule has 2 N–H and O–H groups in total. The number of rotatable bonds is 10. The van der Waals surface area contributed by atoms with Crippen LogP contribution >= 0.6 is 11.6 Å². The Balaban J connectivity index is 1.56. The summed E-state index contributed by atoms with van der Waals surface area (Å²) in [6, 6.07) is 22.2. The van der Waals surface area contributed by atoms with Crippen molar-refractivity contribution in [3.05, 3.63) is 111 Å². The molecule has 5 rings (SSSR count). The molecule has 2 amide bonds. The van der Waals surface area contributed by atoms with Crippen molar-refractivity contribution in [2.24, 2.45) is 5.92 Å². The molecule has 1 saturated carbocycles. The maximum absolute atomic E-state index is 14.3. The van der Waals surface area contributed by atoms with Gasteiger partial charge >= 0.3 is 6.09 Å². The van der Waals surface area contributed by atoms with E-state index < -0.39 is 11.7 Å². The fourth-order valence-electron chi connectivity index (χ4n) is 5.50. The minimum Gasteiger partial charge on any atom is -0.444 e. The van der Waals surface area contributed by atoms with Crippen molar-refractivity contribution in [1.29, 1.82) is 0 Å². The predicted octanol–water partition coefficient (Wildman–Crippen LogP) is 7.14. The highest BCUT2D eigenvalue weighted by molar-refractivity contribution is 6.31. The molecule has 1 atom stereocenters. The summed E-state index contributed by atoms with van der Waals surface area (Å²) in [6.45, 7) is 8.14. The standard InChI is InChI=1S/C35H39ClN4O4/c1-23-11-13-26(14-12-23)33(41)39(20-8-19-37-34(42)44-35(2,3)4)32(25-15-16-25)31-30(21-24-9-6-5-7-10-24)40(43)29-18-17-27(36)22-28(29)38-31/h5-7,9-14,17-18,22,25,32H,8,15-16,19-21H2,1-4H3,(H-,37,38,42,43)/p+1. The van der Waals surface area contributed by atoms with Gasteiger partial charge in [-0.1, -0.05) is 59.6 Å². The molecular formula is C35H40ClN4O4+. The maximum Gasteiger partial charge on any atom is 0.407 e. The summed E-state index contributed by atoms with van der Waals surface area (Å²) in [5.74, 6) is 0.0486. The van der Waals surface area contributed by atoms with Gasteiger partial charge in [0, 0.05) is 34.6 Å². The summed E-state index contributed by atoms with van der Waals surface area (Å²) in [5.41, 5.74) is 4.39. The van der Waals surface area contributed by atoms with Crippen LogP contribution in [0.4, 0.5) is 4.79 Å². The normalized spacial score (nSPS) is 13.8. The Hall–Kier alpha value is -4.17. The van der Waals surface area contributed by atoms with Gasteiger partial charge in [-0.3, -0.25) is 4.79 Å². The van der Waals surface area contributed by atoms with E-state index in [1.807, 2.05) is 87.2 Å². The second-order valence-corrected chi connectivity index (χ2v) is 13.0. The number of carbonyl (C=O) groups excluding carboxylic acids is 2. The number of aromatic nitrogens is 2. The van der Waals surface area contributed by atoms with Crippen LogP contribution < -0.4 is 9.74 Å². The Bertz CT molecular complexity index is 1690. The molecule has 1 fully saturated rings. The molecule has 0 radical (unpaired) electrons. The van der Waals surface area contributed by atoms with Crippen LogP contribution in [0, 0.1) is 17.7 Å². The molecule has 44 heavy (non-hydrogen) atoms. The van der Waals surface area contributed by atoms with Crippen molar-refractivity contribution < 1.29 is 18.8 Å². The molecule has 1 unspecified atom stereocenters. The Kier molecular flexibility index (Phi) is 9.39. The number of carbonyl (C=O) groups is 2. The Morgan fingerprint density at radius 1 is 1.07 bits per heavy atom. The molecule has 3 aromatic carbocycles. The van der Waals surface area contributed by atoms with Gasteiger partial charge in [0.2, 0.25) is 0 Å². The molecule has 0 saturated heterocycles. The van der Waals surface area contributed by atoms with Crippen molar-refractivity contribution in [3.8, 4) is 0 Å². The minimum atomic E-state index is -0.605. The molecule has 1 aromatic heterocycles. The van der Waals surface area contributed by atoms with E-state index in [4.69, 9.17) is 16.3 Å². The monoisotopic (exact) mass is 615 g/mol. The van der Waals surface area contributed by atoms with Gasteiger partial charge in [-0.2, -0.15) is 0 Å². The Labute approximate surface area is 263 Å². The first-order valence-electron chi connectivity index (χ1n) is 15.2. The van der Waals surface area contributed by atoms with E-state index in [2.05, 4.69) is 10.3 Å². The van der Waals surface area contributed by atoms with E-state index in [0.717, 1.165) is 28.4 Å². The number of halogens is 1. The predicted molar refractivity (Wildman–Crippen MR) is 172 cm³/mol. The zero-order chi connectivity index (χ0) is 31.4. The highest BCUT2D eigenvalue weighted by atomic mass is 35.5. The molecule has 230 valence electrons. The highest BCUT2D eigenvalue weighted by Gasteiger charge is 2.43. The lowest BCUT2D eigenvalue weighted by Crippen LogP contribution is -2.41. The second-order valence-electron chi connectivity index (χ2n) is 12.5. The minimum absolute atomic E-state index is 0.123. The number of fused-ring (bicyclic) bond motifs is 1. The van der Waals surface area contributed by atoms with Crippen LogP contribution in [0.25, 0.3) is 11.0 Å². The third kappa shape index (κ3) is 7.66. The largest absolute Gasteiger partial charge is 0.444 e. The average Bonchev–Trinajstić information content (AvgIpc) is 3.81. The van der Waals surface area contributed by atoms with E-state index in [-0.39, 0.29) is 17.9 Å². The number of nitrogens with zero attached hydrogens (tertiary/aromatic N) is 2. The van der Waals surface area contributed by atoms with Crippen LogP contribution in [0.2, 0.25) is 5.02 Å². The van der Waals surface area contributed by atoms with Crippen LogP contribution in [0.3, 0.4) is 0 Å². The lowest BCUT2D eigenvalue weighted by atomic mass is 9.98. The quantitative estimate of drug-likeness (QED) is 0.146. The SMILES string of the molecule is Cc1ccc(C(=O)N(CCCNC(=O)OC(C)(C)C)C(c2[nH]c3cc(Cl)ccc3[n+](=O)c2Cc2ccccc2)C2CC2)cc1. The van der Waals surface area contributed by atoms with E-state index in [0.29, 0.717) is 58.9 Å². The molecule has 4 aromatic rings. The number of aromatic amines is 1. The highest BCUT2D eigenvalue weighted by Crippen LogP contribution is 2.45. The van der Waals surface area contributed by atoms with Crippen molar-refractivity contribution >= 4 is 34.6 Å². The number of aryl methyl sites for hydroxylation is 1. The van der Waals surface area contributed by atoms with Gasteiger partial charge in [0.1, 0.15) is 16.8 Å². The van der Waals surface area contributed by atoms with E-state index in [1.54, 1.807) is 18.2 Å². The van der Waals surface area contributed by atoms with Crippen LogP contribution in [0.15, 0.2) is 72.8 Å². The molecule has 0 aliphatic heterocycles. The first-order valence-corrected chi connectivity index (χ1v) is 15.5. The first kappa shape index (κ1) is 31.3. The number of nitrogens with one attached hydrogen (secondary N) is 2. The smallest absolute Gasteiger partial charge is 0.407 e. The van der Waals surface area contributed by atoms with Gasteiger partial charge < -0.3 is 19.9 Å². The molecule has 1 heterocycles. The first-order chi connectivity index (χ1) is 21.0. The lowest BCUT2D eigenvalue weighted by Gasteiger charge is -2.32. The number of hydrogen-bond donors (Lipinski definition) is 2. The van der Waals surface area contributed by atoms with Gasteiger partial charge in [-0.05, 0) is 82.7 Å². The summed E-state index contributed by atoms with van der Waals surface area (Å²) in [5, 5.41) is 3.33. The molecule has 8 nitrogen and oxygen atoms in total. The average molecular weight is 616 g/mol. The Morgan fingerprint density at radius 3 is 2.43 bits per heavy atom. The van der Waals surface area contributed by atoms with E-state index in [9.17, 15) is 14.5 Å². The van der Waals surface area contributed by atoms with Crippen LogP contribution in [0.5, 0.6) is 0 Å². The van der Waals surface area contributed by atoms with E-state index in [1.165, 1.54) is 0 Å². The van der Waals surface area contributed by atoms with Crippen LogP contribution in [-0.2, 0) is 11.2 Å². The number of ether oxygens (including phenoxy) is 1. The maximum atomic E-state index is 14.3. The third-order valence-corrected chi connectivity index (χ3v) is 7.96. The van der Waals surface area contributed by atoms with Crippen LogP contribution in [0.1, 0.15) is 78.9 Å². The summed E-state index contributed by atoms with van der Waals surface area (Å²) in [4.78, 5) is 46.1. The van der Waals surface area contributed by atoms with Gasteiger partial charge in [-0.15, -0.1) is 0 Å². The van der Waals surface area contributed by atoms with Gasteiger partial charge in [0.05, 0.1) is 16.9 Å². The van der Waals surface area contributed by atoms with Crippen molar-refractivity contribution in [2.45, 2.75) is 65.0 Å². The molecule has 0 spiro atoms. The van der Waals surface area contributed by atoms with E-state index >= 15 is 0 Å². The molecular weight excluding hydrogens is 576 g/mol. The number of amides is 2. The third-order valence-electron chi connectivity index (χ3n) is 7.72. The molecule has 9 heteroatoms. The summed E-state index contributed by atoms with van der Waals surface area (Å²) in [6.07, 6.45) is 2.27. The number of alkyl carbamates (subject to hydrolysis) is 1. The fourth-order valence-corrected chi connectivity index (χ4v) is 5.67. The molecule has 0 bridgehead atoms. The summed E-state index contributed by atoms with van der Waals surface area (Å²) in [7, 11) is 0. The number of benzene rings is 3. The van der Waals surface area contributed by atoms with Crippen molar-refractivity contribution in [3.63, 3.8) is 0 Å². The second kappa shape index (κ2) is 13.2. The zero-order valence-corrected chi connectivity index (χ0v) is 26.5. The summed E-state index contributed by atoms with van der Waals surface area (Å²) >= 11 is 6.36. The van der Waals surface area contributed by atoms with Crippen LogP contribution in [-0.4, -0.2) is 40.6 Å². The molecule has 1 aliphatic rings. The Morgan fingerprint density at radius 2 is 1.77 bits per heavy atom. The lowest BCUT2D eigenvalue weighted by molar-refractivity contribution is -0.475. The number of H-pyrrole nitrogens is 1. The number of hydrogen-bond acceptors (Lipinski definition) is 4. The van der Waals surface area contributed by atoms with Gasteiger partial charge in [0.15, 0.2) is 0 Å². The fraction of sp³-hybridized carbons (Fsp3) is 0.371. The van der Waals surface area contributed by atoms with Crippen molar-refractivity contribution in [2.75, 3.05) is 13.1 Å². The topological polar surface area (TPSA) is 97.4 Å². The summed E-state index contributed by atoms with van der Waals surface area (Å²) < 4.78 is 6.37.